The van der Waals surface area contributed by atoms with E-state index in [2.05, 4.69) is 5.32 Å². The zero-order valence-corrected chi connectivity index (χ0v) is 9.16. The molecule has 3 heteroatoms. The maximum atomic E-state index is 11.4. The molecule has 0 radical (unpaired) electrons. The van der Waals surface area contributed by atoms with Crippen LogP contribution < -0.4 is 5.32 Å². The Morgan fingerprint density at radius 3 is 2.73 bits per heavy atom. The highest BCUT2D eigenvalue weighted by molar-refractivity contribution is 5.91. The molecular formula is C12H17NO2. The second-order valence-electron chi connectivity index (χ2n) is 3.75. The molecule has 0 spiro atoms. The van der Waals surface area contributed by atoms with Gasteiger partial charge in [0.1, 0.15) is 0 Å². The van der Waals surface area contributed by atoms with E-state index in [1.807, 2.05) is 31.2 Å². The van der Waals surface area contributed by atoms with Crippen molar-refractivity contribution in [2.75, 3.05) is 5.32 Å². The number of para-hydroxylation sites is 1. The molecule has 0 aromatic heterocycles. The van der Waals surface area contributed by atoms with Crippen molar-refractivity contribution in [1.82, 2.24) is 0 Å². The van der Waals surface area contributed by atoms with E-state index in [1.54, 1.807) is 6.92 Å². The Hall–Kier alpha value is -1.35. The zero-order chi connectivity index (χ0) is 11.3. The molecule has 15 heavy (non-hydrogen) atoms. The normalized spacial score (nSPS) is 12.2. The fourth-order valence-electron chi connectivity index (χ4n) is 1.27. The molecular weight excluding hydrogens is 190 g/mol. The van der Waals surface area contributed by atoms with Crippen molar-refractivity contribution in [3.05, 3.63) is 29.8 Å². The molecule has 0 bridgehead atoms. The van der Waals surface area contributed by atoms with Crippen LogP contribution in [-0.2, 0) is 4.79 Å². The fourth-order valence-corrected chi connectivity index (χ4v) is 1.27. The minimum Gasteiger partial charge on any atom is -0.393 e. The van der Waals surface area contributed by atoms with Crippen LogP contribution >= 0.6 is 0 Å². The average Bonchev–Trinajstić information content (AvgIpc) is 2.18. The second-order valence-corrected chi connectivity index (χ2v) is 3.75. The second kappa shape index (κ2) is 5.51. The number of nitrogens with one attached hydrogen (secondary N) is 1. The predicted molar refractivity (Wildman–Crippen MR) is 60.7 cm³/mol. The molecule has 1 rings (SSSR count). The largest absolute Gasteiger partial charge is 0.393 e. The van der Waals surface area contributed by atoms with Gasteiger partial charge in [0.15, 0.2) is 0 Å². The summed E-state index contributed by atoms with van der Waals surface area (Å²) in [6.45, 7) is 3.63. The van der Waals surface area contributed by atoms with E-state index in [0.29, 0.717) is 12.8 Å². The molecule has 1 aromatic rings. The Morgan fingerprint density at radius 1 is 1.47 bits per heavy atom. The molecule has 3 nitrogen and oxygen atoms in total. The number of aryl methyl sites for hydroxylation is 1. The van der Waals surface area contributed by atoms with E-state index < -0.39 is 6.10 Å². The van der Waals surface area contributed by atoms with Gasteiger partial charge in [-0.2, -0.15) is 0 Å². The molecule has 1 aromatic carbocycles. The summed E-state index contributed by atoms with van der Waals surface area (Å²) < 4.78 is 0. The van der Waals surface area contributed by atoms with E-state index in [1.165, 1.54) is 0 Å². The van der Waals surface area contributed by atoms with Crippen molar-refractivity contribution in [2.24, 2.45) is 0 Å². The maximum Gasteiger partial charge on any atom is 0.224 e. The average molecular weight is 207 g/mol. The van der Waals surface area contributed by atoms with Gasteiger partial charge in [-0.3, -0.25) is 4.79 Å². The molecule has 0 saturated heterocycles. The number of anilines is 1. The summed E-state index contributed by atoms with van der Waals surface area (Å²) in [5.41, 5.74) is 1.89. The standard InChI is InChI=1S/C12H17NO2/c1-9-5-3-4-6-11(9)13-12(15)8-7-10(2)14/h3-6,10,14H,7-8H2,1-2H3,(H,13,15). The van der Waals surface area contributed by atoms with Crippen LogP contribution in [0.1, 0.15) is 25.3 Å². The first-order chi connectivity index (χ1) is 7.09. The number of rotatable bonds is 4. The first-order valence-electron chi connectivity index (χ1n) is 5.13. The summed E-state index contributed by atoms with van der Waals surface area (Å²) in [5.74, 6) is -0.0507. The van der Waals surface area contributed by atoms with E-state index >= 15 is 0 Å². The summed E-state index contributed by atoms with van der Waals surface area (Å²) in [5, 5.41) is 11.9. The molecule has 0 aliphatic carbocycles. The van der Waals surface area contributed by atoms with E-state index in [0.717, 1.165) is 11.3 Å². The van der Waals surface area contributed by atoms with Crippen molar-refractivity contribution in [1.29, 1.82) is 0 Å². The number of aliphatic hydroxyl groups is 1. The van der Waals surface area contributed by atoms with Crippen LogP contribution in [0.4, 0.5) is 5.69 Å². The third kappa shape index (κ3) is 4.13. The van der Waals surface area contributed by atoms with Crippen molar-refractivity contribution >= 4 is 11.6 Å². The molecule has 2 N–H and O–H groups in total. The smallest absolute Gasteiger partial charge is 0.224 e. The number of benzene rings is 1. The van der Waals surface area contributed by atoms with Crippen LogP contribution in [0.2, 0.25) is 0 Å². The Balaban J connectivity index is 2.48. The van der Waals surface area contributed by atoms with Gasteiger partial charge < -0.3 is 10.4 Å². The Kier molecular flexibility index (Phi) is 4.31. The zero-order valence-electron chi connectivity index (χ0n) is 9.16. The summed E-state index contributed by atoms with van der Waals surface area (Å²) in [6, 6.07) is 7.64. The predicted octanol–water partition coefficient (Wildman–Crippen LogP) is 2.09. The third-order valence-electron chi connectivity index (χ3n) is 2.21. The number of hydrogen-bond acceptors (Lipinski definition) is 2. The van der Waals surface area contributed by atoms with Crippen molar-refractivity contribution in [2.45, 2.75) is 32.8 Å². The monoisotopic (exact) mass is 207 g/mol. The maximum absolute atomic E-state index is 11.4. The minimum absolute atomic E-state index is 0.0507. The van der Waals surface area contributed by atoms with Crippen LogP contribution in [0, 0.1) is 6.92 Å². The lowest BCUT2D eigenvalue weighted by Crippen LogP contribution is -2.14. The highest BCUT2D eigenvalue weighted by atomic mass is 16.3. The molecule has 1 unspecified atom stereocenters. The van der Waals surface area contributed by atoms with Crippen molar-refractivity contribution < 1.29 is 9.90 Å². The van der Waals surface area contributed by atoms with Gasteiger partial charge in [0.05, 0.1) is 6.10 Å². The van der Waals surface area contributed by atoms with E-state index in [-0.39, 0.29) is 5.91 Å². The number of amides is 1. The van der Waals surface area contributed by atoms with Gasteiger partial charge in [0.2, 0.25) is 5.91 Å². The van der Waals surface area contributed by atoms with Gasteiger partial charge in [-0.05, 0) is 31.9 Å². The summed E-state index contributed by atoms with van der Waals surface area (Å²) in [6.07, 6.45) is 0.427. The van der Waals surface area contributed by atoms with Crippen LogP contribution in [0.3, 0.4) is 0 Å². The SMILES string of the molecule is Cc1ccccc1NC(=O)CCC(C)O. The van der Waals surface area contributed by atoms with Gasteiger partial charge in [0, 0.05) is 12.1 Å². The Bertz CT molecular complexity index is 334. The number of hydrogen-bond donors (Lipinski definition) is 2. The topological polar surface area (TPSA) is 49.3 Å². The van der Waals surface area contributed by atoms with Gasteiger partial charge >= 0.3 is 0 Å². The molecule has 0 fully saturated rings. The lowest BCUT2D eigenvalue weighted by Gasteiger charge is -2.08. The van der Waals surface area contributed by atoms with Crippen LogP contribution in [0.5, 0.6) is 0 Å². The molecule has 82 valence electrons. The molecule has 0 aliphatic heterocycles. The van der Waals surface area contributed by atoms with E-state index in [4.69, 9.17) is 5.11 Å². The van der Waals surface area contributed by atoms with Crippen molar-refractivity contribution in [3.63, 3.8) is 0 Å². The lowest BCUT2D eigenvalue weighted by molar-refractivity contribution is -0.116. The van der Waals surface area contributed by atoms with Gasteiger partial charge in [-0.25, -0.2) is 0 Å². The Labute approximate surface area is 90.1 Å². The Morgan fingerprint density at radius 2 is 2.13 bits per heavy atom. The highest BCUT2D eigenvalue weighted by Crippen LogP contribution is 2.13. The molecule has 0 aliphatic rings. The highest BCUT2D eigenvalue weighted by Gasteiger charge is 2.05. The summed E-state index contributed by atoms with van der Waals surface area (Å²) >= 11 is 0. The summed E-state index contributed by atoms with van der Waals surface area (Å²) in [7, 11) is 0. The van der Waals surface area contributed by atoms with Gasteiger partial charge in [0.25, 0.3) is 0 Å². The number of aliphatic hydroxyl groups excluding tert-OH is 1. The molecule has 1 amide bonds. The van der Waals surface area contributed by atoms with E-state index in [9.17, 15) is 4.79 Å². The van der Waals surface area contributed by atoms with Gasteiger partial charge in [-0.1, -0.05) is 18.2 Å². The quantitative estimate of drug-likeness (QED) is 0.794. The lowest BCUT2D eigenvalue weighted by atomic mass is 10.2. The minimum atomic E-state index is -0.423. The van der Waals surface area contributed by atoms with Crippen LogP contribution in [0.15, 0.2) is 24.3 Å². The third-order valence-corrected chi connectivity index (χ3v) is 2.21. The summed E-state index contributed by atoms with van der Waals surface area (Å²) in [4.78, 5) is 11.4. The molecule has 1 atom stereocenters. The van der Waals surface area contributed by atoms with Crippen molar-refractivity contribution in [3.8, 4) is 0 Å². The number of carbonyl (C=O) groups is 1. The van der Waals surface area contributed by atoms with Gasteiger partial charge in [-0.15, -0.1) is 0 Å². The van der Waals surface area contributed by atoms with Crippen LogP contribution in [-0.4, -0.2) is 17.1 Å². The molecule has 0 heterocycles. The fraction of sp³-hybridized carbons (Fsp3) is 0.417. The first-order valence-corrected chi connectivity index (χ1v) is 5.13. The molecule has 0 saturated carbocycles. The number of carbonyl (C=O) groups excluding carboxylic acids is 1. The van der Waals surface area contributed by atoms with Crippen LogP contribution in [0.25, 0.3) is 0 Å². The first kappa shape index (κ1) is 11.7.